The van der Waals surface area contributed by atoms with Gasteiger partial charge in [0.05, 0.1) is 0 Å². The Hall–Kier alpha value is -0.510. The van der Waals surface area contributed by atoms with Gasteiger partial charge < -0.3 is 0 Å². The van der Waals surface area contributed by atoms with E-state index in [1.54, 1.807) is 0 Å². The highest BCUT2D eigenvalue weighted by atomic mass is 19.1. The lowest BCUT2D eigenvalue weighted by Crippen LogP contribution is -1.88. The molecule has 0 aromatic rings. The van der Waals surface area contributed by atoms with Crippen LogP contribution in [0.3, 0.4) is 0 Å². The van der Waals surface area contributed by atoms with E-state index in [2.05, 4.69) is 13.3 Å². The molecule has 6 heavy (non-hydrogen) atoms. The molecule has 0 aliphatic heterocycles. The highest BCUT2D eigenvalue weighted by molar-refractivity contribution is 4.93. The van der Waals surface area contributed by atoms with Gasteiger partial charge in [-0.3, -0.25) is 0 Å². The Labute approximate surface area is 37.4 Å². The number of rotatable bonds is 1. The van der Waals surface area contributed by atoms with E-state index in [1.807, 2.05) is 5.92 Å². The molecule has 1 unspecified atom stereocenters. The zero-order valence-corrected chi connectivity index (χ0v) is 3.45. The van der Waals surface area contributed by atoms with Crippen molar-refractivity contribution in [1.82, 2.24) is 0 Å². The third-order valence-corrected chi connectivity index (χ3v) is 0.434. The lowest BCUT2D eigenvalue weighted by molar-refractivity contribution is 0.416. The van der Waals surface area contributed by atoms with E-state index in [-0.39, 0.29) is 6.42 Å². The molecular weight excluding hydrogens is 79.1 g/mol. The summed E-state index contributed by atoms with van der Waals surface area (Å²) in [5.74, 6) is 1.89. The van der Waals surface area contributed by atoms with Gasteiger partial charge in [0.2, 0.25) is 0 Å². The number of hydrogen-bond acceptors (Lipinski definition) is 0. The van der Waals surface area contributed by atoms with Crippen LogP contribution in [0, 0.1) is 19.3 Å². The molecule has 0 rings (SSSR count). The molecule has 0 saturated carbocycles. The van der Waals surface area contributed by atoms with Crippen molar-refractivity contribution >= 4 is 0 Å². The van der Waals surface area contributed by atoms with E-state index in [9.17, 15) is 4.39 Å². The van der Waals surface area contributed by atoms with Gasteiger partial charge in [-0.05, 0) is 13.3 Å². The predicted octanol–water partition coefficient (Wildman–Crippen LogP) is 1.18. The maximum atomic E-state index is 11.6. The quantitative estimate of drug-likeness (QED) is 0.419. The van der Waals surface area contributed by atoms with Gasteiger partial charge >= 0.3 is 0 Å². The van der Waals surface area contributed by atoms with E-state index < -0.39 is 6.17 Å². The topological polar surface area (TPSA) is 0 Å². The second-order valence-electron chi connectivity index (χ2n) is 0.923. The molecule has 0 aromatic heterocycles. The van der Waals surface area contributed by atoms with Crippen LogP contribution in [0.15, 0.2) is 0 Å². The number of terminal acetylenes is 1. The molecule has 0 amide bonds. The first-order valence-corrected chi connectivity index (χ1v) is 1.70. The average Bonchev–Trinajstić information content (AvgIpc) is 1.65. The normalized spacial score (nSPS) is 12.8. The molecule has 0 aromatic carbocycles. The van der Waals surface area contributed by atoms with Crippen LogP contribution in [0.2, 0.25) is 0 Å². The van der Waals surface area contributed by atoms with E-state index >= 15 is 0 Å². The fraction of sp³-hybridized carbons (Fsp3) is 0.400. The molecule has 0 heterocycles. The molecule has 0 spiro atoms. The molecule has 0 aliphatic rings. The molecule has 0 saturated heterocycles. The smallest absolute Gasteiger partial charge is 0.160 e. The van der Waals surface area contributed by atoms with E-state index in [0.717, 1.165) is 0 Å². The summed E-state index contributed by atoms with van der Waals surface area (Å²) in [6.07, 6.45) is 3.65. The van der Waals surface area contributed by atoms with Crippen molar-refractivity contribution in [2.45, 2.75) is 12.6 Å². The van der Waals surface area contributed by atoms with Gasteiger partial charge in [-0.25, -0.2) is 4.39 Å². The minimum atomic E-state index is -1.15. The van der Waals surface area contributed by atoms with Crippen LogP contribution >= 0.6 is 0 Å². The minimum Gasteiger partial charge on any atom is -0.233 e. The Bertz CT molecular complexity index is 60.8. The first-order valence-electron chi connectivity index (χ1n) is 1.70. The van der Waals surface area contributed by atoms with E-state index in [0.29, 0.717) is 0 Å². The molecule has 1 radical (unpaired) electrons. The van der Waals surface area contributed by atoms with E-state index in [4.69, 9.17) is 0 Å². The summed E-state index contributed by atoms with van der Waals surface area (Å²) in [5, 5.41) is 0. The molecular formula is C5H6F. The van der Waals surface area contributed by atoms with Crippen molar-refractivity contribution in [1.29, 1.82) is 0 Å². The van der Waals surface area contributed by atoms with E-state index in [1.165, 1.54) is 0 Å². The molecule has 0 aliphatic carbocycles. The van der Waals surface area contributed by atoms with Gasteiger partial charge in [0.1, 0.15) is 0 Å². The molecule has 1 heteroatoms. The van der Waals surface area contributed by atoms with Crippen LogP contribution in [0.1, 0.15) is 6.42 Å². The summed E-state index contributed by atoms with van der Waals surface area (Å²) in [7, 11) is 0. The Morgan fingerprint density at radius 2 is 2.50 bits per heavy atom. The van der Waals surface area contributed by atoms with Gasteiger partial charge in [0, 0.05) is 0 Å². The van der Waals surface area contributed by atoms with Crippen LogP contribution < -0.4 is 0 Å². The van der Waals surface area contributed by atoms with Crippen LogP contribution in [-0.4, -0.2) is 6.17 Å². The van der Waals surface area contributed by atoms with Crippen molar-refractivity contribution in [2.24, 2.45) is 0 Å². The third-order valence-electron chi connectivity index (χ3n) is 0.434. The first kappa shape index (κ1) is 5.49. The van der Waals surface area contributed by atoms with Crippen molar-refractivity contribution in [3.63, 3.8) is 0 Å². The average molecular weight is 85.1 g/mol. The predicted molar refractivity (Wildman–Crippen MR) is 23.7 cm³/mol. The summed E-state index contributed by atoms with van der Waals surface area (Å²) >= 11 is 0. The van der Waals surface area contributed by atoms with Crippen molar-refractivity contribution in [3.05, 3.63) is 6.92 Å². The third kappa shape index (κ3) is 1.78. The summed E-state index contributed by atoms with van der Waals surface area (Å²) in [6.45, 7) is 3.24. The Balaban J connectivity index is 3.04. The largest absolute Gasteiger partial charge is 0.233 e. The molecule has 0 bridgehead atoms. The van der Waals surface area contributed by atoms with Crippen molar-refractivity contribution in [2.75, 3.05) is 0 Å². The zero-order chi connectivity index (χ0) is 4.99. The van der Waals surface area contributed by atoms with Gasteiger partial charge in [-0.2, -0.15) is 0 Å². The van der Waals surface area contributed by atoms with Gasteiger partial charge in [0.15, 0.2) is 6.17 Å². The second kappa shape index (κ2) is 2.71. The van der Waals surface area contributed by atoms with Gasteiger partial charge in [-0.1, -0.05) is 5.92 Å². The van der Waals surface area contributed by atoms with Crippen LogP contribution in [-0.2, 0) is 0 Å². The first-order chi connectivity index (χ1) is 2.81. The lowest BCUT2D eigenvalue weighted by atomic mass is 10.3. The fourth-order valence-corrected chi connectivity index (χ4v) is 0.0833. The van der Waals surface area contributed by atoms with Crippen LogP contribution in [0.25, 0.3) is 0 Å². The maximum Gasteiger partial charge on any atom is 0.160 e. The van der Waals surface area contributed by atoms with Crippen LogP contribution in [0.5, 0.6) is 0 Å². The minimum absolute atomic E-state index is 0.177. The standard InChI is InChI=1S/C5H6F/c1-3-5(6)4-2/h1,5H,2,4H2. The maximum absolute atomic E-state index is 11.6. The monoisotopic (exact) mass is 85.0 g/mol. The lowest BCUT2D eigenvalue weighted by Gasteiger charge is -1.86. The number of halogens is 1. The van der Waals surface area contributed by atoms with Crippen molar-refractivity contribution < 1.29 is 4.39 Å². The molecule has 0 nitrogen and oxygen atoms in total. The fourth-order valence-electron chi connectivity index (χ4n) is 0.0833. The summed E-state index contributed by atoms with van der Waals surface area (Å²) in [5.41, 5.74) is 0. The summed E-state index contributed by atoms with van der Waals surface area (Å²) in [4.78, 5) is 0. The summed E-state index contributed by atoms with van der Waals surface area (Å²) in [6, 6.07) is 0. The zero-order valence-electron chi connectivity index (χ0n) is 3.45. The molecule has 33 valence electrons. The molecule has 0 fully saturated rings. The highest BCUT2D eigenvalue weighted by Gasteiger charge is 1.90. The Morgan fingerprint density at radius 1 is 2.00 bits per heavy atom. The molecule has 0 N–H and O–H groups in total. The van der Waals surface area contributed by atoms with Crippen molar-refractivity contribution in [3.8, 4) is 12.3 Å². The summed E-state index contributed by atoms with van der Waals surface area (Å²) < 4.78 is 11.6. The number of alkyl halides is 1. The van der Waals surface area contributed by atoms with Gasteiger partial charge in [-0.15, -0.1) is 6.42 Å². The van der Waals surface area contributed by atoms with Gasteiger partial charge in [0.25, 0.3) is 0 Å². The van der Waals surface area contributed by atoms with Crippen LogP contribution in [0.4, 0.5) is 4.39 Å². The highest BCUT2D eigenvalue weighted by Crippen LogP contribution is 1.89. The Morgan fingerprint density at radius 3 is 2.50 bits per heavy atom. The SMILES string of the molecule is C#CC(F)C[CH2]. The Kier molecular flexibility index (Phi) is 2.48. The molecule has 1 atom stereocenters. The second-order valence-corrected chi connectivity index (χ2v) is 0.923. The number of hydrogen-bond donors (Lipinski definition) is 0.